The van der Waals surface area contributed by atoms with E-state index in [0.29, 0.717) is 0 Å². The number of pyridine rings is 1. The Balaban J connectivity index is 1.93. The lowest BCUT2D eigenvalue weighted by Crippen LogP contribution is -2.24. The molecule has 1 aromatic heterocycles. The molecule has 2 aromatic rings. The van der Waals surface area contributed by atoms with Crippen molar-refractivity contribution in [3.05, 3.63) is 53.7 Å². The number of aromatic nitrogens is 1. The minimum Gasteiger partial charge on any atom is -0.329 e. The molecule has 0 unspecified atom stereocenters. The minimum atomic E-state index is 0.971. The summed E-state index contributed by atoms with van der Waals surface area (Å²) in [6.45, 7) is 2.06. The molecule has 0 bridgehead atoms. The molecule has 92 valence electrons. The van der Waals surface area contributed by atoms with Gasteiger partial charge in [-0.3, -0.25) is 0 Å². The number of hydrogen-bond acceptors (Lipinski definition) is 3. The van der Waals surface area contributed by atoms with Gasteiger partial charge in [0.05, 0.1) is 0 Å². The van der Waals surface area contributed by atoms with Gasteiger partial charge >= 0.3 is 0 Å². The lowest BCUT2D eigenvalue weighted by atomic mass is 10.0. The third kappa shape index (κ3) is 2.09. The highest BCUT2D eigenvalue weighted by Gasteiger charge is 2.11. The topological polar surface area (TPSA) is 28.2 Å². The van der Waals surface area contributed by atoms with Crippen LogP contribution in [0.1, 0.15) is 11.1 Å². The Hall–Kier alpha value is -1.87. The highest BCUT2D eigenvalue weighted by molar-refractivity contribution is 5.60. The smallest absolute Gasteiger partial charge is 0.132 e. The van der Waals surface area contributed by atoms with Crippen LogP contribution >= 0.6 is 0 Å². The van der Waals surface area contributed by atoms with Crippen molar-refractivity contribution in [2.75, 3.05) is 18.5 Å². The molecule has 0 spiro atoms. The first-order chi connectivity index (χ1) is 8.84. The van der Waals surface area contributed by atoms with Gasteiger partial charge in [0.2, 0.25) is 0 Å². The maximum Gasteiger partial charge on any atom is 0.132 e. The normalized spacial score (nSPS) is 14.1. The summed E-state index contributed by atoms with van der Waals surface area (Å²) in [5.41, 5.74) is 4.06. The highest BCUT2D eigenvalue weighted by Crippen LogP contribution is 2.25. The zero-order valence-corrected chi connectivity index (χ0v) is 10.6. The number of rotatable bonds is 2. The van der Waals surface area contributed by atoms with E-state index in [1.54, 1.807) is 0 Å². The zero-order valence-electron chi connectivity index (χ0n) is 10.6. The van der Waals surface area contributed by atoms with Crippen LogP contribution in [-0.2, 0) is 13.0 Å². The summed E-state index contributed by atoms with van der Waals surface area (Å²) in [6, 6.07) is 12.7. The van der Waals surface area contributed by atoms with Crippen molar-refractivity contribution in [1.29, 1.82) is 0 Å². The highest BCUT2D eigenvalue weighted by atomic mass is 15.2. The van der Waals surface area contributed by atoms with Crippen LogP contribution in [0.25, 0.3) is 0 Å². The van der Waals surface area contributed by atoms with Crippen LogP contribution in [-0.4, -0.2) is 18.6 Å². The molecule has 1 aliphatic rings. The van der Waals surface area contributed by atoms with E-state index in [9.17, 15) is 0 Å². The number of anilines is 2. The van der Waals surface area contributed by atoms with Gasteiger partial charge in [0.15, 0.2) is 0 Å². The van der Waals surface area contributed by atoms with Crippen molar-refractivity contribution < 1.29 is 0 Å². The first kappa shape index (κ1) is 11.2. The number of benzene rings is 1. The van der Waals surface area contributed by atoms with Crippen molar-refractivity contribution in [2.24, 2.45) is 0 Å². The number of nitrogens with one attached hydrogen (secondary N) is 1. The van der Waals surface area contributed by atoms with Crippen LogP contribution in [0.15, 0.2) is 42.6 Å². The molecule has 3 rings (SSSR count). The van der Waals surface area contributed by atoms with Gasteiger partial charge in [-0.2, -0.15) is 0 Å². The second kappa shape index (κ2) is 4.78. The van der Waals surface area contributed by atoms with Crippen molar-refractivity contribution in [1.82, 2.24) is 10.3 Å². The summed E-state index contributed by atoms with van der Waals surface area (Å²) in [6.07, 6.45) is 2.95. The SMILES string of the molecule is CN(c1ccc2c(c1)CNCC2)c1ccccn1. The molecule has 18 heavy (non-hydrogen) atoms. The number of hydrogen-bond donors (Lipinski definition) is 1. The van der Waals surface area contributed by atoms with E-state index < -0.39 is 0 Å². The van der Waals surface area contributed by atoms with E-state index in [1.807, 2.05) is 24.4 Å². The summed E-state index contributed by atoms with van der Waals surface area (Å²) < 4.78 is 0. The van der Waals surface area contributed by atoms with Crippen molar-refractivity contribution in [3.8, 4) is 0 Å². The molecule has 0 saturated carbocycles. The molecule has 1 aromatic carbocycles. The Kier molecular flexibility index (Phi) is 2.99. The van der Waals surface area contributed by atoms with E-state index in [0.717, 1.165) is 25.3 Å². The Labute approximate surface area is 107 Å². The van der Waals surface area contributed by atoms with E-state index in [4.69, 9.17) is 0 Å². The summed E-state index contributed by atoms with van der Waals surface area (Å²) >= 11 is 0. The first-order valence-electron chi connectivity index (χ1n) is 6.32. The third-order valence-electron chi connectivity index (χ3n) is 3.46. The van der Waals surface area contributed by atoms with Crippen LogP contribution in [0.4, 0.5) is 11.5 Å². The van der Waals surface area contributed by atoms with E-state index in [2.05, 4.69) is 40.4 Å². The molecular weight excluding hydrogens is 222 g/mol. The van der Waals surface area contributed by atoms with Gasteiger partial charge in [-0.05, 0) is 48.4 Å². The van der Waals surface area contributed by atoms with Crippen molar-refractivity contribution >= 4 is 11.5 Å². The monoisotopic (exact) mass is 239 g/mol. The fourth-order valence-corrected chi connectivity index (χ4v) is 2.36. The van der Waals surface area contributed by atoms with Gasteiger partial charge in [0.25, 0.3) is 0 Å². The fraction of sp³-hybridized carbons (Fsp3) is 0.267. The molecule has 0 saturated heterocycles. The van der Waals surface area contributed by atoms with Crippen molar-refractivity contribution in [3.63, 3.8) is 0 Å². The van der Waals surface area contributed by atoms with Crippen LogP contribution < -0.4 is 10.2 Å². The van der Waals surface area contributed by atoms with Crippen LogP contribution in [0, 0.1) is 0 Å². The lowest BCUT2D eigenvalue weighted by molar-refractivity contribution is 0.644. The van der Waals surface area contributed by atoms with Gasteiger partial charge in [0, 0.05) is 25.5 Å². The average Bonchev–Trinajstić information content (AvgIpc) is 2.47. The molecule has 1 N–H and O–H groups in total. The number of fused-ring (bicyclic) bond motifs is 1. The number of nitrogens with zero attached hydrogens (tertiary/aromatic N) is 2. The predicted molar refractivity (Wildman–Crippen MR) is 74.2 cm³/mol. The molecule has 0 amide bonds. The summed E-state index contributed by atoms with van der Waals surface area (Å²) in [4.78, 5) is 6.50. The largest absolute Gasteiger partial charge is 0.329 e. The molecule has 0 radical (unpaired) electrons. The second-order valence-electron chi connectivity index (χ2n) is 4.63. The van der Waals surface area contributed by atoms with Gasteiger partial charge in [0.1, 0.15) is 5.82 Å². The Morgan fingerprint density at radius 2 is 2.11 bits per heavy atom. The maximum atomic E-state index is 4.38. The summed E-state index contributed by atoms with van der Waals surface area (Å²) in [7, 11) is 2.06. The first-order valence-corrected chi connectivity index (χ1v) is 6.32. The molecule has 3 nitrogen and oxygen atoms in total. The summed E-state index contributed by atoms with van der Waals surface area (Å²) in [5.74, 6) is 0.973. The van der Waals surface area contributed by atoms with Gasteiger partial charge in [-0.25, -0.2) is 4.98 Å². The Morgan fingerprint density at radius 1 is 1.17 bits per heavy atom. The van der Waals surface area contributed by atoms with E-state index in [-0.39, 0.29) is 0 Å². The predicted octanol–water partition coefficient (Wildman–Crippen LogP) is 2.50. The lowest BCUT2D eigenvalue weighted by Gasteiger charge is -2.22. The molecule has 0 atom stereocenters. The molecule has 1 aliphatic heterocycles. The van der Waals surface area contributed by atoms with Gasteiger partial charge in [-0.1, -0.05) is 12.1 Å². The molecule has 0 aliphatic carbocycles. The van der Waals surface area contributed by atoms with Crippen LogP contribution in [0.5, 0.6) is 0 Å². The van der Waals surface area contributed by atoms with Gasteiger partial charge < -0.3 is 10.2 Å². The van der Waals surface area contributed by atoms with E-state index >= 15 is 0 Å². The van der Waals surface area contributed by atoms with Gasteiger partial charge in [-0.15, -0.1) is 0 Å². The van der Waals surface area contributed by atoms with Crippen molar-refractivity contribution in [2.45, 2.75) is 13.0 Å². The molecule has 0 fully saturated rings. The third-order valence-corrected chi connectivity index (χ3v) is 3.46. The molecular formula is C15H17N3. The molecule has 3 heteroatoms. The quantitative estimate of drug-likeness (QED) is 0.872. The standard InChI is InChI=1S/C15H17N3/c1-18(15-4-2-3-8-17-15)14-6-5-12-7-9-16-11-13(12)10-14/h2-6,8,10,16H,7,9,11H2,1H3. The second-order valence-corrected chi connectivity index (χ2v) is 4.63. The minimum absolute atomic E-state index is 0.971. The van der Waals surface area contributed by atoms with E-state index in [1.165, 1.54) is 16.8 Å². The maximum absolute atomic E-state index is 4.38. The Bertz CT molecular complexity index is 537. The van der Waals surface area contributed by atoms with Crippen LogP contribution in [0.2, 0.25) is 0 Å². The average molecular weight is 239 g/mol. The zero-order chi connectivity index (χ0) is 12.4. The fourth-order valence-electron chi connectivity index (χ4n) is 2.36. The van der Waals surface area contributed by atoms with Crippen LogP contribution in [0.3, 0.4) is 0 Å². The summed E-state index contributed by atoms with van der Waals surface area (Å²) in [5, 5.41) is 3.41. The Morgan fingerprint density at radius 3 is 2.94 bits per heavy atom. The molecule has 2 heterocycles.